The molecular formula is C14H25N3O3. The normalized spacial score (nSPS) is 33.9. The van der Waals surface area contributed by atoms with Gasteiger partial charge in [-0.3, -0.25) is 4.79 Å². The van der Waals surface area contributed by atoms with Crippen molar-refractivity contribution in [3.8, 4) is 0 Å². The number of hydrogen-bond acceptors (Lipinski definition) is 4. The second kappa shape index (κ2) is 6.43. The summed E-state index contributed by atoms with van der Waals surface area (Å²) in [5.41, 5.74) is 5.99. The van der Waals surface area contributed by atoms with Crippen LogP contribution in [-0.2, 0) is 9.53 Å². The first-order chi connectivity index (χ1) is 9.51. The van der Waals surface area contributed by atoms with Crippen LogP contribution in [0.15, 0.2) is 0 Å². The molecule has 114 valence electrons. The highest BCUT2D eigenvalue weighted by molar-refractivity contribution is 5.80. The molecule has 6 heteroatoms. The molecule has 1 saturated carbocycles. The van der Waals surface area contributed by atoms with Crippen LogP contribution >= 0.6 is 0 Å². The highest BCUT2D eigenvalue weighted by Crippen LogP contribution is 2.31. The molecule has 2 rings (SSSR count). The number of alkyl carbamates (subject to hydrolysis) is 1. The molecule has 4 atom stereocenters. The topological polar surface area (TPSA) is 84.7 Å². The first kappa shape index (κ1) is 15.1. The van der Waals surface area contributed by atoms with Gasteiger partial charge in [0.15, 0.2) is 0 Å². The molecule has 0 bridgehead atoms. The maximum Gasteiger partial charge on any atom is 0.407 e. The summed E-state index contributed by atoms with van der Waals surface area (Å²) in [6.07, 6.45) is 3.17. The van der Waals surface area contributed by atoms with Gasteiger partial charge in [0.25, 0.3) is 0 Å². The number of nitrogens with zero attached hydrogens (tertiary/aromatic N) is 1. The number of nitrogens with two attached hydrogens (primary N) is 1. The van der Waals surface area contributed by atoms with Gasteiger partial charge in [-0.05, 0) is 31.6 Å². The molecule has 0 radical (unpaired) electrons. The summed E-state index contributed by atoms with van der Waals surface area (Å²) in [5, 5.41) is 2.76. The van der Waals surface area contributed by atoms with E-state index in [9.17, 15) is 9.59 Å². The van der Waals surface area contributed by atoms with Crippen LogP contribution in [0.3, 0.4) is 0 Å². The van der Waals surface area contributed by atoms with E-state index in [0.29, 0.717) is 19.0 Å². The maximum absolute atomic E-state index is 12.6. The Morgan fingerprint density at radius 1 is 1.30 bits per heavy atom. The van der Waals surface area contributed by atoms with Gasteiger partial charge < -0.3 is 20.7 Å². The summed E-state index contributed by atoms with van der Waals surface area (Å²) in [5.74, 6) is 0.632. The predicted molar refractivity (Wildman–Crippen MR) is 75.0 cm³/mol. The summed E-state index contributed by atoms with van der Waals surface area (Å²) in [7, 11) is 1.35. The summed E-state index contributed by atoms with van der Waals surface area (Å²) in [6, 6.07) is 0.144. The summed E-state index contributed by atoms with van der Waals surface area (Å²) in [4.78, 5) is 25.6. The van der Waals surface area contributed by atoms with Crippen LogP contribution in [-0.4, -0.2) is 49.2 Å². The molecule has 3 N–H and O–H groups in total. The third-order valence-corrected chi connectivity index (χ3v) is 4.56. The Bertz CT molecular complexity index is 375. The number of nitrogens with one attached hydrogen (secondary N) is 1. The lowest BCUT2D eigenvalue weighted by Crippen LogP contribution is -2.44. The van der Waals surface area contributed by atoms with E-state index in [-0.39, 0.29) is 23.9 Å². The van der Waals surface area contributed by atoms with Crippen molar-refractivity contribution in [1.29, 1.82) is 0 Å². The Labute approximate surface area is 120 Å². The number of methoxy groups -OCH3 is 1. The minimum atomic E-state index is -0.433. The van der Waals surface area contributed by atoms with Gasteiger partial charge >= 0.3 is 6.09 Å². The smallest absolute Gasteiger partial charge is 0.407 e. The van der Waals surface area contributed by atoms with Crippen LogP contribution in [0.5, 0.6) is 0 Å². The molecule has 4 unspecified atom stereocenters. The summed E-state index contributed by atoms with van der Waals surface area (Å²) in [6.45, 7) is 3.41. The number of ether oxygens (including phenoxy) is 1. The second-order valence-corrected chi connectivity index (χ2v) is 6.06. The fourth-order valence-corrected chi connectivity index (χ4v) is 3.24. The number of rotatable bonds is 2. The lowest BCUT2D eigenvalue weighted by molar-refractivity contribution is -0.137. The third kappa shape index (κ3) is 3.42. The van der Waals surface area contributed by atoms with Crippen molar-refractivity contribution in [2.75, 3.05) is 20.2 Å². The first-order valence-corrected chi connectivity index (χ1v) is 7.40. The van der Waals surface area contributed by atoms with E-state index in [4.69, 9.17) is 5.73 Å². The standard InChI is InChI=1S/C14H25N3O3/c1-9-3-4-10(15)7-12(9)13(18)17-6-5-11(8-17)16-14(19)20-2/h9-12H,3-8,15H2,1-2H3,(H,16,19). The molecular weight excluding hydrogens is 258 g/mol. The van der Waals surface area contributed by atoms with E-state index in [1.165, 1.54) is 7.11 Å². The number of carbonyl (C=O) groups is 2. The number of amides is 2. The van der Waals surface area contributed by atoms with E-state index in [1.807, 2.05) is 4.90 Å². The highest BCUT2D eigenvalue weighted by atomic mass is 16.5. The zero-order valence-corrected chi connectivity index (χ0v) is 12.3. The van der Waals surface area contributed by atoms with E-state index in [0.717, 1.165) is 25.7 Å². The molecule has 1 aliphatic carbocycles. The minimum Gasteiger partial charge on any atom is -0.453 e. The van der Waals surface area contributed by atoms with Gasteiger partial charge in [0, 0.05) is 25.0 Å². The van der Waals surface area contributed by atoms with Gasteiger partial charge in [-0.1, -0.05) is 6.92 Å². The highest BCUT2D eigenvalue weighted by Gasteiger charge is 2.36. The molecule has 0 aromatic heterocycles. The van der Waals surface area contributed by atoms with Crippen molar-refractivity contribution in [2.45, 2.75) is 44.7 Å². The first-order valence-electron chi connectivity index (χ1n) is 7.40. The molecule has 1 aliphatic heterocycles. The maximum atomic E-state index is 12.6. The largest absolute Gasteiger partial charge is 0.453 e. The van der Waals surface area contributed by atoms with E-state index >= 15 is 0 Å². The molecule has 20 heavy (non-hydrogen) atoms. The second-order valence-electron chi connectivity index (χ2n) is 6.06. The average molecular weight is 283 g/mol. The van der Waals surface area contributed by atoms with Crippen LogP contribution in [0.2, 0.25) is 0 Å². The third-order valence-electron chi connectivity index (χ3n) is 4.56. The molecule has 0 aromatic carbocycles. The van der Waals surface area contributed by atoms with Gasteiger partial charge in [-0.2, -0.15) is 0 Å². The van der Waals surface area contributed by atoms with E-state index < -0.39 is 6.09 Å². The summed E-state index contributed by atoms with van der Waals surface area (Å²) < 4.78 is 4.59. The number of carbonyl (C=O) groups excluding carboxylic acids is 2. The van der Waals surface area contributed by atoms with Crippen LogP contribution < -0.4 is 11.1 Å². The molecule has 1 heterocycles. The van der Waals surface area contributed by atoms with Crippen molar-refractivity contribution in [3.05, 3.63) is 0 Å². The Kier molecular flexibility index (Phi) is 4.86. The molecule has 2 aliphatic rings. The molecule has 0 aromatic rings. The Balaban J connectivity index is 1.88. The van der Waals surface area contributed by atoms with E-state index in [1.54, 1.807) is 0 Å². The van der Waals surface area contributed by atoms with Crippen LogP contribution in [0.1, 0.15) is 32.6 Å². The zero-order chi connectivity index (χ0) is 14.7. The molecule has 6 nitrogen and oxygen atoms in total. The average Bonchev–Trinajstić information content (AvgIpc) is 2.89. The Morgan fingerprint density at radius 3 is 2.75 bits per heavy atom. The van der Waals surface area contributed by atoms with Crippen LogP contribution in [0.25, 0.3) is 0 Å². The van der Waals surface area contributed by atoms with Crippen LogP contribution in [0, 0.1) is 11.8 Å². The van der Waals surface area contributed by atoms with Crippen LogP contribution in [0.4, 0.5) is 4.79 Å². The summed E-state index contributed by atoms with van der Waals surface area (Å²) >= 11 is 0. The van der Waals surface area contributed by atoms with Gasteiger partial charge in [0.05, 0.1) is 13.2 Å². The van der Waals surface area contributed by atoms with Crippen molar-refractivity contribution in [3.63, 3.8) is 0 Å². The van der Waals surface area contributed by atoms with Gasteiger partial charge in [0.1, 0.15) is 0 Å². The fourth-order valence-electron chi connectivity index (χ4n) is 3.24. The van der Waals surface area contributed by atoms with Crippen molar-refractivity contribution < 1.29 is 14.3 Å². The van der Waals surface area contributed by atoms with Gasteiger partial charge in [-0.15, -0.1) is 0 Å². The van der Waals surface area contributed by atoms with Crippen molar-refractivity contribution in [1.82, 2.24) is 10.2 Å². The predicted octanol–water partition coefficient (Wildman–Crippen LogP) is 0.707. The Hall–Kier alpha value is -1.30. The van der Waals surface area contributed by atoms with Crippen molar-refractivity contribution >= 4 is 12.0 Å². The van der Waals surface area contributed by atoms with Gasteiger partial charge in [0.2, 0.25) is 5.91 Å². The van der Waals surface area contributed by atoms with Gasteiger partial charge in [-0.25, -0.2) is 4.79 Å². The lowest BCUT2D eigenvalue weighted by Gasteiger charge is -2.34. The SMILES string of the molecule is COC(=O)NC1CCN(C(=O)C2CC(N)CCC2C)C1. The number of hydrogen-bond donors (Lipinski definition) is 2. The quantitative estimate of drug-likeness (QED) is 0.781. The van der Waals surface area contributed by atoms with Crippen molar-refractivity contribution in [2.24, 2.45) is 17.6 Å². The molecule has 2 fully saturated rings. The Morgan fingerprint density at radius 2 is 2.05 bits per heavy atom. The lowest BCUT2D eigenvalue weighted by atomic mass is 9.77. The zero-order valence-electron chi connectivity index (χ0n) is 12.3. The molecule has 0 spiro atoms. The molecule has 2 amide bonds. The van der Waals surface area contributed by atoms with E-state index in [2.05, 4.69) is 17.0 Å². The minimum absolute atomic E-state index is 0.000954. The molecule has 1 saturated heterocycles. The monoisotopic (exact) mass is 283 g/mol. The number of likely N-dealkylation sites (tertiary alicyclic amines) is 1. The fraction of sp³-hybridized carbons (Fsp3) is 0.857.